The largest absolute Gasteiger partial charge is 0.340 e. The summed E-state index contributed by atoms with van der Waals surface area (Å²) in [5, 5.41) is 12.5. The standard InChI is InChI=1S/C37H46N4.C2H6/c1-7-10-25-41-33(8-2)30(22-14-12-18-28-20-15-19-27-17-11-13-21-29(27)28)31-23-16-24-32(37(31)41)35-34(9-3)40(6)39-36(35)26(4)38-5;1-2/h8,11,13,15-17,19-21,23-24,26,38H,2,7,9-10,12,14,18,22,25H2,1,3-6H3;1-2H3. The minimum atomic E-state index is 0.165. The van der Waals surface area contributed by atoms with E-state index in [9.17, 15) is 0 Å². The molecular formula is C39H52N4. The SMILES string of the molecule is C=Cc1c(CCCCc2cccc3ccccc23)c2cccc(-c3c(C(C)NC)nn(C)c3CC)c2n1CCCC.CC. The molecule has 2 heterocycles. The van der Waals surface area contributed by atoms with Gasteiger partial charge in [0.05, 0.1) is 11.2 Å². The van der Waals surface area contributed by atoms with Gasteiger partial charge in [-0.05, 0) is 80.5 Å². The van der Waals surface area contributed by atoms with Crippen LogP contribution in [0.1, 0.15) is 94.6 Å². The summed E-state index contributed by atoms with van der Waals surface area (Å²) in [5.41, 5.74) is 10.5. The van der Waals surface area contributed by atoms with Crippen LogP contribution in [0.4, 0.5) is 0 Å². The quantitative estimate of drug-likeness (QED) is 0.142. The molecule has 1 atom stereocenters. The van der Waals surface area contributed by atoms with E-state index in [-0.39, 0.29) is 6.04 Å². The highest BCUT2D eigenvalue weighted by molar-refractivity contribution is 6.00. The Kier molecular flexibility index (Phi) is 11.4. The number of rotatable bonds is 13. The van der Waals surface area contributed by atoms with Crippen LogP contribution < -0.4 is 5.32 Å². The fourth-order valence-corrected chi connectivity index (χ4v) is 6.59. The number of benzene rings is 3. The Bertz CT molecular complexity index is 1650. The summed E-state index contributed by atoms with van der Waals surface area (Å²) < 4.78 is 4.64. The third kappa shape index (κ3) is 6.50. The molecule has 0 saturated carbocycles. The Morgan fingerprint density at radius 3 is 2.33 bits per heavy atom. The molecule has 5 rings (SSSR count). The molecule has 0 bridgehead atoms. The van der Waals surface area contributed by atoms with Crippen LogP contribution in [-0.2, 0) is 32.9 Å². The van der Waals surface area contributed by atoms with E-state index in [1.807, 2.05) is 20.9 Å². The number of aromatic nitrogens is 3. The molecule has 0 amide bonds. The van der Waals surface area contributed by atoms with Crippen molar-refractivity contribution in [2.24, 2.45) is 7.05 Å². The maximum absolute atomic E-state index is 5.01. The number of unbranched alkanes of at least 4 members (excludes halogenated alkanes) is 2. The number of aryl methyl sites for hydroxylation is 4. The molecule has 4 nitrogen and oxygen atoms in total. The van der Waals surface area contributed by atoms with Gasteiger partial charge in [0.1, 0.15) is 0 Å². The fourth-order valence-electron chi connectivity index (χ4n) is 6.59. The maximum Gasteiger partial charge on any atom is 0.0872 e. The number of hydrogen-bond acceptors (Lipinski definition) is 2. The lowest BCUT2D eigenvalue weighted by Crippen LogP contribution is -2.14. The van der Waals surface area contributed by atoms with Crippen LogP contribution in [-0.4, -0.2) is 21.4 Å². The zero-order valence-corrected chi connectivity index (χ0v) is 27.6. The summed E-state index contributed by atoms with van der Waals surface area (Å²) in [6, 6.07) is 22.5. The van der Waals surface area contributed by atoms with E-state index in [0.29, 0.717) is 0 Å². The predicted molar refractivity (Wildman–Crippen MR) is 188 cm³/mol. The molecule has 0 radical (unpaired) electrons. The summed E-state index contributed by atoms with van der Waals surface area (Å²) in [4.78, 5) is 0. The molecule has 4 heteroatoms. The van der Waals surface area contributed by atoms with Gasteiger partial charge in [-0.15, -0.1) is 0 Å². The third-order valence-electron chi connectivity index (χ3n) is 8.80. The smallest absolute Gasteiger partial charge is 0.0872 e. The van der Waals surface area contributed by atoms with Crippen molar-refractivity contribution in [3.8, 4) is 11.1 Å². The fraction of sp³-hybridized carbons (Fsp3) is 0.410. The normalized spacial score (nSPS) is 12.0. The zero-order chi connectivity index (χ0) is 30.9. The zero-order valence-electron chi connectivity index (χ0n) is 27.6. The van der Waals surface area contributed by atoms with Gasteiger partial charge in [-0.3, -0.25) is 4.68 Å². The first-order chi connectivity index (χ1) is 21.0. The van der Waals surface area contributed by atoms with Gasteiger partial charge in [-0.2, -0.15) is 5.10 Å². The second-order valence-electron chi connectivity index (χ2n) is 11.3. The van der Waals surface area contributed by atoms with Crippen molar-refractivity contribution >= 4 is 27.8 Å². The topological polar surface area (TPSA) is 34.8 Å². The monoisotopic (exact) mass is 576 g/mol. The highest BCUT2D eigenvalue weighted by Crippen LogP contribution is 2.40. The number of hydrogen-bond donors (Lipinski definition) is 1. The van der Waals surface area contributed by atoms with Gasteiger partial charge in [0.25, 0.3) is 0 Å². The van der Waals surface area contributed by atoms with Crippen LogP contribution in [0.15, 0.2) is 67.2 Å². The third-order valence-corrected chi connectivity index (χ3v) is 8.80. The molecule has 0 spiro atoms. The van der Waals surface area contributed by atoms with Crippen LogP contribution in [0.2, 0.25) is 0 Å². The van der Waals surface area contributed by atoms with E-state index in [2.05, 4.69) is 116 Å². The average Bonchev–Trinajstić information content (AvgIpc) is 3.55. The Morgan fingerprint density at radius 1 is 0.907 bits per heavy atom. The molecule has 1 unspecified atom stereocenters. The molecule has 228 valence electrons. The molecule has 0 saturated heterocycles. The van der Waals surface area contributed by atoms with E-state index >= 15 is 0 Å². The summed E-state index contributed by atoms with van der Waals surface area (Å²) in [6.07, 6.45) is 9.82. The van der Waals surface area contributed by atoms with E-state index in [1.54, 1.807) is 0 Å². The van der Waals surface area contributed by atoms with Crippen LogP contribution in [0, 0.1) is 0 Å². The van der Waals surface area contributed by atoms with Gasteiger partial charge in [-0.25, -0.2) is 0 Å². The number of fused-ring (bicyclic) bond motifs is 2. The molecule has 0 aliphatic rings. The number of para-hydroxylation sites is 1. The van der Waals surface area contributed by atoms with Crippen molar-refractivity contribution < 1.29 is 0 Å². The summed E-state index contributed by atoms with van der Waals surface area (Å²) in [6.45, 7) is 16.0. The molecule has 0 fully saturated rings. The van der Waals surface area contributed by atoms with Crippen molar-refractivity contribution in [3.63, 3.8) is 0 Å². The lowest BCUT2D eigenvalue weighted by Gasteiger charge is -2.15. The molecular weight excluding hydrogens is 524 g/mol. The van der Waals surface area contributed by atoms with Crippen molar-refractivity contribution in [3.05, 3.63) is 95.5 Å². The van der Waals surface area contributed by atoms with Gasteiger partial charge in [0.2, 0.25) is 0 Å². The number of nitrogens with zero attached hydrogens (tertiary/aromatic N) is 3. The molecule has 43 heavy (non-hydrogen) atoms. The van der Waals surface area contributed by atoms with Gasteiger partial charge < -0.3 is 9.88 Å². The van der Waals surface area contributed by atoms with E-state index in [1.165, 1.54) is 61.7 Å². The minimum absolute atomic E-state index is 0.165. The van der Waals surface area contributed by atoms with Gasteiger partial charge >= 0.3 is 0 Å². The van der Waals surface area contributed by atoms with E-state index < -0.39 is 0 Å². The first kappa shape index (κ1) is 32.3. The Hall–Kier alpha value is -3.63. The first-order valence-corrected chi connectivity index (χ1v) is 16.5. The van der Waals surface area contributed by atoms with Crippen LogP contribution in [0.3, 0.4) is 0 Å². The van der Waals surface area contributed by atoms with Crippen molar-refractivity contribution in [1.29, 1.82) is 0 Å². The average molecular weight is 577 g/mol. The molecule has 2 aromatic heterocycles. The van der Waals surface area contributed by atoms with E-state index in [0.717, 1.165) is 50.8 Å². The van der Waals surface area contributed by atoms with Crippen molar-refractivity contribution in [2.75, 3.05) is 7.05 Å². The highest BCUT2D eigenvalue weighted by atomic mass is 15.3. The second kappa shape index (κ2) is 15.2. The molecule has 0 aliphatic carbocycles. The summed E-state index contributed by atoms with van der Waals surface area (Å²) in [7, 11) is 4.10. The van der Waals surface area contributed by atoms with Crippen molar-refractivity contribution in [1.82, 2.24) is 19.7 Å². The molecule has 3 aromatic carbocycles. The predicted octanol–water partition coefficient (Wildman–Crippen LogP) is 10.1. The molecule has 0 aliphatic heterocycles. The van der Waals surface area contributed by atoms with Crippen molar-refractivity contribution in [2.45, 2.75) is 92.2 Å². The Labute approximate surface area is 259 Å². The Balaban J connectivity index is 0.00000207. The number of nitrogens with one attached hydrogen (secondary N) is 1. The van der Waals surface area contributed by atoms with Crippen LogP contribution in [0.5, 0.6) is 0 Å². The van der Waals surface area contributed by atoms with Gasteiger partial charge in [0, 0.05) is 47.5 Å². The van der Waals surface area contributed by atoms with Crippen LogP contribution in [0.25, 0.3) is 38.9 Å². The maximum atomic E-state index is 5.01. The summed E-state index contributed by atoms with van der Waals surface area (Å²) in [5.74, 6) is 0. The first-order valence-electron chi connectivity index (χ1n) is 16.5. The van der Waals surface area contributed by atoms with Gasteiger partial charge in [0.15, 0.2) is 0 Å². The minimum Gasteiger partial charge on any atom is -0.340 e. The molecule has 5 aromatic rings. The van der Waals surface area contributed by atoms with E-state index in [4.69, 9.17) is 5.10 Å². The lowest BCUT2D eigenvalue weighted by molar-refractivity contribution is 0.608. The molecule has 1 N–H and O–H groups in total. The lowest BCUT2D eigenvalue weighted by atomic mass is 9.95. The van der Waals surface area contributed by atoms with Gasteiger partial charge in [-0.1, -0.05) is 101 Å². The second-order valence-corrected chi connectivity index (χ2v) is 11.3. The Morgan fingerprint density at radius 2 is 1.60 bits per heavy atom. The highest BCUT2D eigenvalue weighted by Gasteiger charge is 2.25. The summed E-state index contributed by atoms with van der Waals surface area (Å²) >= 11 is 0. The van der Waals surface area contributed by atoms with Crippen LogP contribution >= 0.6 is 0 Å².